The van der Waals surface area contributed by atoms with Crippen LogP contribution in [0.3, 0.4) is 0 Å². The van der Waals surface area contributed by atoms with E-state index in [9.17, 15) is 13.2 Å². The molecule has 0 unspecified atom stereocenters. The van der Waals surface area contributed by atoms with Crippen molar-refractivity contribution in [3.8, 4) is 28.6 Å². The molecule has 2 aromatic heterocycles. The summed E-state index contributed by atoms with van der Waals surface area (Å²) in [6, 6.07) is 9.71. The van der Waals surface area contributed by atoms with E-state index < -0.39 is 12.3 Å². The summed E-state index contributed by atoms with van der Waals surface area (Å²) in [7, 11) is 0. The van der Waals surface area contributed by atoms with Crippen LogP contribution in [0.1, 0.15) is 6.92 Å². The van der Waals surface area contributed by atoms with Crippen LogP contribution in [0.2, 0.25) is 5.02 Å². The summed E-state index contributed by atoms with van der Waals surface area (Å²) in [5.74, 6) is 0.440. The van der Waals surface area contributed by atoms with Crippen molar-refractivity contribution >= 4 is 22.6 Å². The van der Waals surface area contributed by atoms with E-state index >= 15 is 0 Å². The minimum absolute atomic E-state index is 0.00583. The van der Waals surface area contributed by atoms with E-state index in [0.29, 0.717) is 17.0 Å². The number of nitrogens with one attached hydrogen (secondary N) is 1. The van der Waals surface area contributed by atoms with Crippen LogP contribution in [-0.4, -0.2) is 32.4 Å². The molecule has 10 heteroatoms. The van der Waals surface area contributed by atoms with Crippen molar-refractivity contribution in [1.82, 2.24) is 20.1 Å². The molecule has 0 aliphatic heterocycles. The molecule has 0 bridgehead atoms. The van der Waals surface area contributed by atoms with Gasteiger partial charge in [-0.15, -0.1) is 0 Å². The van der Waals surface area contributed by atoms with Crippen LogP contribution in [0, 0.1) is 0 Å². The largest absolute Gasteiger partial charge is 0.480 e. The van der Waals surface area contributed by atoms with Crippen LogP contribution in [0.25, 0.3) is 33.9 Å². The molecule has 0 saturated heterocycles. The summed E-state index contributed by atoms with van der Waals surface area (Å²) in [4.78, 5) is 11.5. The lowest BCUT2D eigenvalue weighted by atomic mass is 10.2. The third-order valence-corrected chi connectivity index (χ3v) is 4.34. The van der Waals surface area contributed by atoms with Gasteiger partial charge < -0.3 is 14.2 Å². The SMILES string of the molecule is C[C@H](Oc1ccc(-c2nc(-c3ccc4[nH]cnc4c3)no2)cc1Cl)C(F)(F)F. The first-order chi connectivity index (χ1) is 13.3. The monoisotopic (exact) mass is 408 g/mol. The molecule has 0 amide bonds. The number of aromatic amines is 1. The van der Waals surface area contributed by atoms with Crippen molar-refractivity contribution in [3.63, 3.8) is 0 Å². The van der Waals surface area contributed by atoms with Gasteiger partial charge in [-0.3, -0.25) is 0 Å². The molecule has 2 aromatic carbocycles. The Balaban J connectivity index is 1.59. The minimum Gasteiger partial charge on any atom is -0.480 e. The summed E-state index contributed by atoms with van der Waals surface area (Å²) in [6.45, 7) is 0.907. The van der Waals surface area contributed by atoms with Crippen molar-refractivity contribution in [2.45, 2.75) is 19.2 Å². The molecule has 2 heterocycles. The number of hydrogen-bond donors (Lipinski definition) is 1. The summed E-state index contributed by atoms with van der Waals surface area (Å²) in [5, 5.41) is 3.95. The third kappa shape index (κ3) is 3.53. The van der Waals surface area contributed by atoms with Crippen LogP contribution in [0.4, 0.5) is 13.2 Å². The molecule has 6 nitrogen and oxygen atoms in total. The van der Waals surface area contributed by atoms with Crippen LogP contribution in [0.15, 0.2) is 47.2 Å². The highest BCUT2D eigenvalue weighted by atomic mass is 35.5. The average molecular weight is 409 g/mol. The van der Waals surface area contributed by atoms with Gasteiger partial charge in [0.15, 0.2) is 6.10 Å². The molecule has 0 radical (unpaired) electrons. The van der Waals surface area contributed by atoms with Gasteiger partial charge in [0.25, 0.3) is 5.89 Å². The number of benzene rings is 2. The van der Waals surface area contributed by atoms with E-state index in [4.69, 9.17) is 20.9 Å². The van der Waals surface area contributed by atoms with E-state index in [2.05, 4.69) is 20.1 Å². The summed E-state index contributed by atoms with van der Waals surface area (Å²) >= 11 is 6.06. The Kier molecular flexibility index (Phi) is 4.46. The number of nitrogens with zero attached hydrogens (tertiary/aromatic N) is 3. The highest BCUT2D eigenvalue weighted by Crippen LogP contribution is 2.33. The molecule has 0 spiro atoms. The number of imidazole rings is 1. The molecule has 1 N–H and O–H groups in total. The first-order valence-corrected chi connectivity index (χ1v) is 8.49. The molecule has 1 atom stereocenters. The Morgan fingerprint density at radius 1 is 1.14 bits per heavy atom. The fraction of sp³-hybridized carbons (Fsp3) is 0.167. The van der Waals surface area contributed by atoms with Crippen molar-refractivity contribution < 1.29 is 22.4 Å². The Hall–Kier alpha value is -3.07. The number of fused-ring (bicyclic) bond motifs is 1. The third-order valence-electron chi connectivity index (χ3n) is 4.05. The lowest BCUT2D eigenvalue weighted by Gasteiger charge is -2.18. The molecule has 0 aliphatic rings. The van der Waals surface area contributed by atoms with Crippen molar-refractivity contribution in [3.05, 3.63) is 47.7 Å². The average Bonchev–Trinajstić information content (AvgIpc) is 3.31. The summed E-state index contributed by atoms with van der Waals surface area (Å²) < 4.78 is 48.1. The normalized spacial score (nSPS) is 13.0. The predicted molar refractivity (Wildman–Crippen MR) is 96.0 cm³/mol. The maximum atomic E-state index is 12.6. The van der Waals surface area contributed by atoms with Crippen LogP contribution < -0.4 is 4.74 Å². The maximum Gasteiger partial charge on any atom is 0.425 e. The van der Waals surface area contributed by atoms with Crippen LogP contribution in [-0.2, 0) is 0 Å². The molecular weight excluding hydrogens is 397 g/mol. The first kappa shape index (κ1) is 18.3. The van der Waals surface area contributed by atoms with E-state index in [1.165, 1.54) is 18.2 Å². The molecular formula is C18H12ClF3N4O2. The molecule has 4 aromatic rings. The smallest absolute Gasteiger partial charge is 0.425 e. The zero-order chi connectivity index (χ0) is 19.9. The van der Waals surface area contributed by atoms with Gasteiger partial charge in [0.2, 0.25) is 5.82 Å². The number of rotatable bonds is 4. The Bertz CT molecular complexity index is 1140. The van der Waals surface area contributed by atoms with Crippen molar-refractivity contribution in [2.24, 2.45) is 0 Å². The number of aromatic nitrogens is 4. The van der Waals surface area contributed by atoms with E-state index in [0.717, 1.165) is 18.0 Å². The van der Waals surface area contributed by atoms with Gasteiger partial charge in [-0.1, -0.05) is 16.8 Å². The fourth-order valence-corrected chi connectivity index (χ4v) is 2.74. The Morgan fingerprint density at radius 3 is 2.68 bits per heavy atom. The summed E-state index contributed by atoms with van der Waals surface area (Å²) in [5.41, 5.74) is 2.80. The zero-order valence-electron chi connectivity index (χ0n) is 14.3. The second-order valence-corrected chi connectivity index (χ2v) is 6.41. The topological polar surface area (TPSA) is 76.8 Å². The highest BCUT2D eigenvalue weighted by molar-refractivity contribution is 6.32. The molecule has 4 rings (SSSR count). The molecule has 0 fully saturated rings. The number of alkyl halides is 3. The minimum atomic E-state index is -4.49. The predicted octanol–water partition coefficient (Wildman–Crippen LogP) is 5.26. The summed E-state index contributed by atoms with van der Waals surface area (Å²) in [6.07, 6.45) is -4.89. The molecule has 0 saturated carbocycles. The van der Waals surface area contributed by atoms with Crippen LogP contribution in [0.5, 0.6) is 5.75 Å². The van der Waals surface area contributed by atoms with Gasteiger partial charge in [0.05, 0.1) is 22.4 Å². The lowest BCUT2D eigenvalue weighted by molar-refractivity contribution is -0.189. The Morgan fingerprint density at radius 2 is 1.93 bits per heavy atom. The van der Waals surface area contributed by atoms with Gasteiger partial charge in [0, 0.05) is 11.1 Å². The van der Waals surface area contributed by atoms with Crippen molar-refractivity contribution in [1.29, 1.82) is 0 Å². The first-order valence-electron chi connectivity index (χ1n) is 8.12. The van der Waals surface area contributed by atoms with Crippen LogP contribution >= 0.6 is 11.6 Å². The number of H-pyrrole nitrogens is 1. The maximum absolute atomic E-state index is 12.6. The number of hydrogen-bond acceptors (Lipinski definition) is 5. The van der Waals surface area contributed by atoms with Gasteiger partial charge in [-0.2, -0.15) is 18.2 Å². The highest BCUT2D eigenvalue weighted by Gasteiger charge is 2.38. The number of ether oxygens (including phenoxy) is 1. The van der Waals surface area contributed by atoms with E-state index in [1.807, 2.05) is 18.2 Å². The van der Waals surface area contributed by atoms with Gasteiger partial charge >= 0.3 is 6.18 Å². The molecule has 144 valence electrons. The van der Waals surface area contributed by atoms with Gasteiger partial charge in [-0.05, 0) is 43.3 Å². The van der Waals surface area contributed by atoms with E-state index in [-0.39, 0.29) is 16.7 Å². The quantitative estimate of drug-likeness (QED) is 0.498. The Labute approximate surface area is 161 Å². The molecule has 0 aliphatic carbocycles. The van der Waals surface area contributed by atoms with E-state index in [1.54, 1.807) is 6.33 Å². The second kappa shape index (κ2) is 6.83. The van der Waals surface area contributed by atoms with Gasteiger partial charge in [-0.25, -0.2) is 4.98 Å². The zero-order valence-corrected chi connectivity index (χ0v) is 15.0. The lowest BCUT2D eigenvalue weighted by Crippen LogP contribution is -2.31. The standard InChI is InChI=1S/C18H12ClF3N4O2/c1-9(18(20,21)22)27-15-5-3-11(6-12(15)19)17-25-16(26-28-17)10-2-4-13-14(7-10)24-8-23-13/h2-9H,1H3,(H,23,24)/t9-/m0/s1. The number of halogens is 4. The van der Waals surface area contributed by atoms with Crippen molar-refractivity contribution in [2.75, 3.05) is 0 Å². The fourth-order valence-electron chi connectivity index (χ4n) is 2.52. The van der Waals surface area contributed by atoms with Gasteiger partial charge in [0.1, 0.15) is 5.75 Å². The second-order valence-electron chi connectivity index (χ2n) is 6.00. The molecule has 28 heavy (non-hydrogen) atoms.